The predicted octanol–water partition coefficient (Wildman–Crippen LogP) is 14.5. The summed E-state index contributed by atoms with van der Waals surface area (Å²) in [7, 11) is 0. The summed E-state index contributed by atoms with van der Waals surface area (Å²) in [6, 6.07) is 3.75. The highest BCUT2D eigenvalue weighted by atomic mass is 19.3. The van der Waals surface area contributed by atoms with Gasteiger partial charge in [-0.1, -0.05) is 19.9 Å². The van der Waals surface area contributed by atoms with E-state index in [0.29, 0.717) is 215 Å². The minimum absolute atomic E-state index is 0.00278. The van der Waals surface area contributed by atoms with E-state index in [1.807, 2.05) is 41.5 Å². The molecule has 12 N–H and O–H groups in total. The number of pyridine rings is 1. The Kier molecular flexibility index (Phi) is 31.8. The number of fused-ring (bicyclic) bond motifs is 6. The molecule has 0 radical (unpaired) electrons. The summed E-state index contributed by atoms with van der Waals surface area (Å²) in [6.45, 7) is 13.8. The zero-order valence-corrected chi connectivity index (χ0v) is 81.8. The number of aryl methyl sites for hydroxylation is 1. The predicted molar refractivity (Wildman–Crippen MR) is 521 cm³/mol. The van der Waals surface area contributed by atoms with E-state index in [1.165, 1.54) is 22.8 Å². The van der Waals surface area contributed by atoms with E-state index in [0.717, 1.165) is 100 Å². The second-order valence-corrected chi connectivity index (χ2v) is 42.6. The number of hydrogen-bond donors (Lipinski definition) is 12. The Bertz CT molecular complexity index is 6430. The lowest BCUT2D eigenvalue weighted by molar-refractivity contribution is -0.0483. The van der Waals surface area contributed by atoms with Crippen LogP contribution in [-0.4, -0.2) is 141 Å². The molecule has 7 atom stereocenters. The zero-order valence-electron chi connectivity index (χ0n) is 81.8. The quantitative estimate of drug-likeness (QED) is 0.0424. The molecule has 8 fully saturated rings. The summed E-state index contributed by atoms with van der Waals surface area (Å²) < 4.78 is 146. The minimum Gasteiger partial charge on any atom is -0.381 e. The Balaban J connectivity index is 0.000000123. The monoisotopic (exact) mass is 2000 g/mol. The van der Waals surface area contributed by atoms with Gasteiger partial charge in [-0.25, -0.2) is 82.2 Å². The van der Waals surface area contributed by atoms with Gasteiger partial charge < -0.3 is 36.6 Å². The van der Waals surface area contributed by atoms with Crippen LogP contribution in [0.25, 0.3) is 5.82 Å². The average Bonchev–Trinajstić information content (AvgIpc) is 1.72. The van der Waals surface area contributed by atoms with Crippen molar-refractivity contribution in [1.29, 1.82) is 0 Å². The normalized spacial score (nSPS) is 24.6. The highest BCUT2D eigenvalue weighted by Gasteiger charge is 2.46. The van der Waals surface area contributed by atoms with Crippen LogP contribution >= 0.6 is 0 Å². The summed E-state index contributed by atoms with van der Waals surface area (Å²) in [5.41, 5.74) is 0.836. The molecule has 0 unspecified atom stereocenters. The van der Waals surface area contributed by atoms with E-state index in [4.69, 9.17) is 4.74 Å². The molecule has 0 aromatic carbocycles. The third-order valence-corrected chi connectivity index (χ3v) is 32.3. The van der Waals surface area contributed by atoms with E-state index >= 15 is 0 Å². The van der Waals surface area contributed by atoms with Crippen LogP contribution < -0.4 is 99.4 Å². The first-order valence-corrected chi connectivity index (χ1v) is 51.7. The first-order chi connectivity index (χ1) is 67.5. The number of anilines is 6. The third-order valence-electron chi connectivity index (χ3n) is 32.3. The van der Waals surface area contributed by atoms with Crippen molar-refractivity contribution < 1.29 is 48.6 Å². The molecule has 7 aliphatic carbocycles. The van der Waals surface area contributed by atoms with Crippen molar-refractivity contribution in [2.45, 2.75) is 395 Å². The smallest absolute Gasteiger partial charge is 0.335 e. The van der Waals surface area contributed by atoms with E-state index < -0.39 is 46.7 Å². The van der Waals surface area contributed by atoms with Gasteiger partial charge >= 0.3 is 34.1 Å². The van der Waals surface area contributed by atoms with Crippen LogP contribution in [0.15, 0.2) is 75.9 Å². The van der Waals surface area contributed by atoms with Crippen LogP contribution in [-0.2, 0) is 56.4 Å². The molecule has 0 bridgehead atoms. The summed E-state index contributed by atoms with van der Waals surface area (Å²) in [5.74, 6) is -7.56. The van der Waals surface area contributed by atoms with Gasteiger partial charge in [0.25, 0.3) is 33.4 Å². The van der Waals surface area contributed by atoms with E-state index in [9.17, 15) is 101 Å². The van der Waals surface area contributed by atoms with Crippen molar-refractivity contribution in [3.63, 3.8) is 0 Å². The Morgan fingerprint density at radius 3 is 1.00 bits per heavy atom. The molecule has 7 aromatic heterocycles. The molecule has 21 rings (SSSR count). The molecule has 780 valence electrons. The second kappa shape index (κ2) is 43.3. The molecule has 1 saturated heterocycles. The lowest BCUT2D eigenvalue weighted by atomic mass is 9.79. The number of nitrogens with one attached hydrogen (secondary N) is 12. The van der Waals surface area contributed by atoms with Gasteiger partial charge in [0.2, 0.25) is 29.6 Å². The highest BCUT2D eigenvalue weighted by Crippen LogP contribution is 2.47. The van der Waals surface area contributed by atoms with Crippen LogP contribution in [0.2, 0.25) is 0 Å². The standard InChI is InChI=1S/C19H22F2N4O2.C17H23F2N3O2.C17H25F2N3O2.C16H21F2N3O2.C16H23F2N3O2.C15H23N3O3/c1-11-2-5-15(22-10-11)25-17(26)13-3-4-14(23-16(13)24-18(25)27)12-6-8-19(20,21)9-7-12;18-17(19)7-5-11(6-8-17)13-4-3-12-14(20-13)21-16(24)22(15(12)23)9-10-1-2-10;1-3-10(2)22-15(23)12-4-5-13(20-14(12)21-16(22)24)11-6-8-17(18,19)9-7-11;17-16(18)7-5-9(6-8-16)12-4-3-11-13(19-12)20-15(23)21(14(11)22)10-1-2-10;1-2-9-21-14(22)11-3-4-12(19-13(11)20-15(21)23)10-5-7-16(17,18)8-6-10;1-9(2)18-14(19)11-3-4-12(10-5-7-21-8-6-10)16-13(11)17-15(18)20/h2,5,10,12,14,23H,3-4,6-9H2,1H3,(H,24,27);10-11,13,20H,1-9H2,(H,21,24);10-11,13,20H,3-9H2,1-2H3,(H,21,24);9-10,12,19H,1-8H2,(H,20,23);10,12,19H,2-9H2,1H3,(H,20,23);9-10,12,16H,3-8H2,1-2H3,(H,17,20)/t14-;13-;10-,13+;3*12-/m110111/s1. The van der Waals surface area contributed by atoms with Crippen molar-refractivity contribution in [3.05, 3.63) is 182 Å². The number of ether oxygens (including phenoxy) is 1. The summed E-state index contributed by atoms with van der Waals surface area (Å²) >= 11 is 0. The van der Waals surface area contributed by atoms with E-state index in [2.05, 4.69) is 66.8 Å². The molecule has 42 heteroatoms. The van der Waals surface area contributed by atoms with Crippen LogP contribution in [0, 0.1) is 48.3 Å². The fourth-order valence-corrected chi connectivity index (χ4v) is 23.3. The summed E-state index contributed by atoms with van der Waals surface area (Å²) in [6.07, 6.45) is 21.3. The number of aromatic nitrogens is 13. The van der Waals surface area contributed by atoms with Crippen molar-refractivity contribution >= 4 is 34.9 Å². The van der Waals surface area contributed by atoms with Gasteiger partial charge in [-0.3, -0.25) is 81.5 Å². The van der Waals surface area contributed by atoms with Crippen LogP contribution in [0.3, 0.4) is 0 Å². The van der Waals surface area contributed by atoms with Crippen molar-refractivity contribution in [1.82, 2.24) is 62.3 Å². The molecule has 14 heterocycles. The maximum atomic E-state index is 13.4. The maximum Gasteiger partial charge on any atom is 0.335 e. The molecule has 7 aromatic rings. The largest absolute Gasteiger partial charge is 0.381 e. The Morgan fingerprint density at radius 2 is 0.662 bits per heavy atom. The second-order valence-electron chi connectivity index (χ2n) is 42.6. The molecule has 142 heavy (non-hydrogen) atoms. The topological polar surface area (TPSA) is 423 Å². The number of alkyl halides is 10. The summed E-state index contributed by atoms with van der Waals surface area (Å²) in [4.78, 5) is 169. The van der Waals surface area contributed by atoms with Gasteiger partial charge in [-0.2, -0.15) is 0 Å². The number of hydrogen-bond acceptors (Lipinski definition) is 20. The number of halogens is 10. The van der Waals surface area contributed by atoms with Crippen molar-refractivity contribution in [2.24, 2.45) is 41.4 Å². The van der Waals surface area contributed by atoms with Gasteiger partial charge in [0.1, 0.15) is 40.7 Å². The van der Waals surface area contributed by atoms with Crippen LogP contribution in [0.1, 0.15) is 310 Å². The molecule has 0 spiro atoms. The SMILES string of the molecule is CC(C)n1c(=O)[nH]c2c(c1=O)CC[C@H](C1CCOCC1)N2.CCCn1c(=O)[nH]c2c(c1=O)CC[C@H](C1CCC(F)(F)CC1)N2.CC[C@H](C)n1c(=O)[nH]c2c(c1=O)CC[C@H](C1CCC(F)(F)CC1)N2.Cc1ccc(-n2c(=O)[nH]c3c(c2=O)CC[C@H](C2CCC(F)(F)CC2)N3)nc1.O=c1[nH]c2c(c(=O)n1C1CC1)CC[C@H](C1CCC(F)(F)CC1)N2.O=c1[nH]c2c(c(=O)n1CC1CC1)CC[C@H](C1CCC(F)(F)CC1)N2. The Labute approximate surface area is 812 Å². The van der Waals surface area contributed by atoms with Crippen molar-refractivity contribution in [3.8, 4) is 5.82 Å². The molecule has 7 aliphatic heterocycles. The Hall–Kier alpha value is -10.7. The molecule has 14 aliphatic rings. The first kappa shape index (κ1) is 104. The van der Waals surface area contributed by atoms with Gasteiger partial charge in [0.15, 0.2) is 0 Å². The van der Waals surface area contributed by atoms with Crippen LogP contribution in [0.4, 0.5) is 78.8 Å². The first-order valence-electron chi connectivity index (χ1n) is 51.7. The van der Waals surface area contributed by atoms with E-state index in [1.54, 1.807) is 18.3 Å². The fraction of sp³-hybridized carbons (Fsp3) is 0.710. The van der Waals surface area contributed by atoms with Gasteiger partial charge in [0.05, 0.1) is 33.4 Å². The Morgan fingerprint density at radius 1 is 0.352 bits per heavy atom. The van der Waals surface area contributed by atoms with Gasteiger partial charge in [0, 0.05) is 151 Å². The van der Waals surface area contributed by atoms with Gasteiger partial charge in [-0.05, 0) is 273 Å². The number of rotatable bonds is 15. The molecule has 32 nitrogen and oxygen atoms in total. The lowest BCUT2D eigenvalue weighted by Gasteiger charge is -2.37. The minimum atomic E-state index is -2.56. The molecule has 0 amide bonds. The number of nitrogens with zero attached hydrogens (tertiary/aromatic N) is 7. The highest BCUT2D eigenvalue weighted by molar-refractivity contribution is 5.51. The van der Waals surface area contributed by atoms with Crippen molar-refractivity contribution in [2.75, 3.05) is 45.1 Å². The van der Waals surface area contributed by atoms with Crippen LogP contribution in [0.5, 0.6) is 0 Å². The molecular formula is C100H137F10N19O13. The van der Waals surface area contributed by atoms with Gasteiger partial charge in [-0.15, -0.1) is 0 Å². The average molecular weight is 2000 g/mol. The number of H-pyrrole nitrogens is 6. The number of aromatic amines is 6. The third kappa shape index (κ3) is 24.2. The maximum absolute atomic E-state index is 13.4. The fourth-order valence-electron chi connectivity index (χ4n) is 23.3. The zero-order chi connectivity index (χ0) is 101. The van der Waals surface area contributed by atoms with E-state index in [-0.39, 0.29) is 198 Å². The summed E-state index contributed by atoms with van der Waals surface area (Å²) in [5, 5.41) is 19.6. The molecule has 7 saturated carbocycles. The molecular weight excluding hydrogens is 1870 g/mol. The lowest BCUT2D eigenvalue weighted by Crippen LogP contribution is -2.44.